The zero-order valence-corrected chi connectivity index (χ0v) is 17.8. The van der Waals surface area contributed by atoms with Crippen LogP contribution in [-0.2, 0) is 13.0 Å². The van der Waals surface area contributed by atoms with Gasteiger partial charge < -0.3 is 4.57 Å². The molecule has 160 valence electrons. The van der Waals surface area contributed by atoms with Gasteiger partial charge in [-0.05, 0) is 34.7 Å². The molecule has 0 fully saturated rings. The lowest BCUT2D eigenvalue weighted by atomic mass is 9.98. The Morgan fingerprint density at radius 2 is 1.81 bits per heavy atom. The number of rotatable bonds is 7. The Balaban J connectivity index is 1.49. The minimum absolute atomic E-state index is 0.0826. The summed E-state index contributed by atoms with van der Waals surface area (Å²) in [6, 6.07) is 20.1. The molecule has 0 amide bonds. The number of hydrogen-bond acceptors (Lipinski definition) is 5. The second-order valence-corrected chi connectivity index (χ2v) is 7.74. The summed E-state index contributed by atoms with van der Waals surface area (Å²) in [5, 5.41) is 18.6. The summed E-state index contributed by atoms with van der Waals surface area (Å²) < 4.78 is 3.65. The van der Waals surface area contributed by atoms with E-state index >= 15 is 0 Å². The maximum Gasteiger partial charge on any atom is 0.274 e. The molecule has 0 bridgehead atoms. The fraction of sp³-hybridized carbons (Fsp3) is 0.208. The summed E-state index contributed by atoms with van der Waals surface area (Å²) in [7, 11) is 0. The molecule has 3 aromatic heterocycles. The summed E-state index contributed by atoms with van der Waals surface area (Å²) in [6.45, 7) is 2.83. The molecule has 0 spiro atoms. The molecule has 0 radical (unpaired) electrons. The molecule has 8 nitrogen and oxygen atoms in total. The lowest BCUT2D eigenvalue weighted by Crippen LogP contribution is -2.21. The first-order chi connectivity index (χ1) is 15.7. The average molecular weight is 425 g/mol. The van der Waals surface area contributed by atoms with Crippen LogP contribution < -0.4 is 5.56 Å². The fourth-order valence-electron chi connectivity index (χ4n) is 4.02. The van der Waals surface area contributed by atoms with E-state index in [1.54, 1.807) is 12.3 Å². The smallest absolute Gasteiger partial charge is 0.274 e. The maximum atomic E-state index is 12.4. The zero-order chi connectivity index (χ0) is 21.9. The molecule has 0 aliphatic carbocycles. The lowest BCUT2D eigenvalue weighted by molar-refractivity contribution is 0.676. The van der Waals surface area contributed by atoms with Crippen LogP contribution in [0.25, 0.3) is 28.2 Å². The maximum absolute atomic E-state index is 12.4. The van der Waals surface area contributed by atoms with Crippen LogP contribution in [0.2, 0.25) is 0 Å². The molecular weight excluding hydrogens is 402 g/mol. The largest absolute Gasteiger partial charge is 0.325 e. The van der Waals surface area contributed by atoms with Crippen molar-refractivity contribution in [2.24, 2.45) is 0 Å². The first-order valence-electron chi connectivity index (χ1n) is 10.7. The van der Waals surface area contributed by atoms with Crippen LogP contribution >= 0.6 is 0 Å². The number of aromatic nitrogens is 7. The molecule has 0 aliphatic rings. The van der Waals surface area contributed by atoms with Crippen molar-refractivity contribution >= 4 is 5.65 Å². The summed E-state index contributed by atoms with van der Waals surface area (Å²) >= 11 is 0. The third kappa shape index (κ3) is 3.71. The number of nitrogens with zero attached hydrogens (tertiary/aromatic N) is 6. The van der Waals surface area contributed by atoms with Crippen LogP contribution in [0.15, 0.2) is 71.7 Å². The zero-order valence-electron chi connectivity index (χ0n) is 17.8. The van der Waals surface area contributed by atoms with Crippen LogP contribution in [0.1, 0.15) is 31.0 Å². The summed E-state index contributed by atoms with van der Waals surface area (Å²) in [5.41, 5.74) is 5.97. The quantitative estimate of drug-likeness (QED) is 0.429. The number of benzene rings is 2. The van der Waals surface area contributed by atoms with Crippen LogP contribution in [-0.4, -0.2) is 34.8 Å². The Labute approximate surface area is 184 Å². The van der Waals surface area contributed by atoms with E-state index in [0.29, 0.717) is 12.4 Å². The first-order valence-corrected chi connectivity index (χ1v) is 10.7. The Kier molecular flexibility index (Phi) is 5.33. The van der Waals surface area contributed by atoms with E-state index in [2.05, 4.69) is 67.5 Å². The minimum atomic E-state index is -0.0826. The van der Waals surface area contributed by atoms with Gasteiger partial charge in [0, 0.05) is 29.9 Å². The molecule has 8 heteroatoms. The van der Waals surface area contributed by atoms with Gasteiger partial charge in [0.15, 0.2) is 0 Å². The van der Waals surface area contributed by atoms with E-state index in [1.807, 2.05) is 24.3 Å². The number of tetrazole rings is 1. The van der Waals surface area contributed by atoms with Crippen molar-refractivity contribution in [3.63, 3.8) is 0 Å². The lowest BCUT2D eigenvalue weighted by Gasteiger charge is -2.16. The van der Waals surface area contributed by atoms with Crippen molar-refractivity contribution in [3.8, 4) is 22.5 Å². The molecular formula is C24H23N7O. The number of aromatic amines is 1. The highest BCUT2D eigenvalue weighted by Gasteiger charge is 2.12. The average Bonchev–Trinajstić information content (AvgIpc) is 3.53. The SMILES string of the molecule is CCCCc1cc(=O)n2nccc2n1Cc1ccc(-c2ccccc2-c2nn[nH]n2)cc1. The van der Waals surface area contributed by atoms with Crippen molar-refractivity contribution in [1.29, 1.82) is 0 Å². The number of nitrogens with one attached hydrogen (secondary N) is 1. The fourth-order valence-corrected chi connectivity index (χ4v) is 4.02. The predicted octanol–water partition coefficient (Wildman–Crippen LogP) is 3.73. The highest BCUT2D eigenvalue weighted by Crippen LogP contribution is 2.30. The van der Waals surface area contributed by atoms with Crippen molar-refractivity contribution in [2.75, 3.05) is 0 Å². The van der Waals surface area contributed by atoms with Gasteiger partial charge in [-0.1, -0.05) is 61.9 Å². The topological polar surface area (TPSA) is 93.8 Å². The second kappa shape index (κ2) is 8.58. The monoisotopic (exact) mass is 425 g/mol. The number of aryl methyl sites for hydroxylation is 1. The standard InChI is InChI=1S/C24H23N7O/c1-2-3-6-19-15-23(32)31-22(13-14-25-31)30(19)16-17-9-11-18(12-10-17)20-7-4-5-8-21(20)24-26-28-29-27-24/h4-5,7-15H,2-3,6,16H2,1H3,(H,26,27,28,29). The number of hydrogen-bond donors (Lipinski definition) is 1. The highest BCUT2D eigenvalue weighted by molar-refractivity contribution is 5.80. The Hall–Kier alpha value is -4.07. The molecule has 5 rings (SSSR count). The van der Waals surface area contributed by atoms with Gasteiger partial charge in [0.1, 0.15) is 5.65 Å². The van der Waals surface area contributed by atoms with E-state index in [0.717, 1.165) is 52.9 Å². The van der Waals surface area contributed by atoms with Crippen molar-refractivity contribution < 1.29 is 0 Å². The van der Waals surface area contributed by atoms with Gasteiger partial charge in [0.05, 0.1) is 6.20 Å². The Morgan fingerprint density at radius 3 is 2.56 bits per heavy atom. The minimum Gasteiger partial charge on any atom is -0.325 e. The van der Waals surface area contributed by atoms with Crippen molar-refractivity contribution in [2.45, 2.75) is 32.7 Å². The molecule has 1 N–H and O–H groups in total. The molecule has 0 saturated heterocycles. The normalized spacial score (nSPS) is 11.3. The van der Waals surface area contributed by atoms with Crippen LogP contribution in [0, 0.1) is 0 Å². The molecule has 0 atom stereocenters. The van der Waals surface area contributed by atoms with Gasteiger partial charge in [-0.3, -0.25) is 4.79 Å². The first kappa shape index (κ1) is 19.9. The Morgan fingerprint density at radius 1 is 1.00 bits per heavy atom. The third-order valence-electron chi connectivity index (χ3n) is 5.65. The predicted molar refractivity (Wildman–Crippen MR) is 122 cm³/mol. The van der Waals surface area contributed by atoms with Gasteiger partial charge >= 0.3 is 0 Å². The molecule has 3 heterocycles. The van der Waals surface area contributed by atoms with Crippen molar-refractivity contribution in [1.82, 2.24) is 34.8 Å². The van der Waals surface area contributed by atoms with E-state index in [9.17, 15) is 4.79 Å². The summed E-state index contributed by atoms with van der Waals surface area (Å²) in [6.07, 6.45) is 4.65. The summed E-state index contributed by atoms with van der Waals surface area (Å²) in [4.78, 5) is 12.4. The van der Waals surface area contributed by atoms with Crippen LogP contribution in [0.5, 0.6) is 0 Å². The van der Waals surface area contributed by atoms with Crippen LogP contribution in [0.3, 0.4) is 0 Å². The van der Waals surface area contributed by atoms with E-state index in [-0.39, 0.29) is 5.56 Å². The third-order valence-corrected chi connectivity index (χ3v) is 5.65. The number of fused-ring (bicyclic) bond motifs is 1. The van der Waals surface area contributed by atoms with Gasteiger partial charge in [0.25, 0.3) is 5.56 Å². The second-order valence-electron chi connectivity index (χ2n) is 7.74. The number of H-pyrrole nitrogens is 1. The molecule has 5 aromatic rings. The van der Waals surface area contributed by atoms with Gasteiger partial charge in [-0.15, -0.1) is 10.2 Å². The number of unbranched alkanes of at least 4 members (excludes halogenated alkanes) is 1. The van der Waals surface area contributed by atoms with Crippen molar-refractivity contribution in [3.05, 3.63) is 88.5 Å². The molecule has 0 saturated carbocycles. The van der Waals surface area contributed by atoms with Crippen LogP contribution in [0.4, 0.5) is 0 Å². The molecule has 0 aliphatic heterocycles. The molecule has 0 unspecified atom stereocenters. The van der Waals surface area contributed by atoms with Gasteiger partial charge in [-0.25, -0.2) is 0 Å². The van der Waals surface area contributed by atoms with E-state index in [4.69, 9.17) is 0 Å². The molecule has 32 heavy (non-hydrogen) atoms. The molecule has 2 aromatic carbocycles. The summed E-state index contributed by atoms with van der Waals surface area (Å²) in [5.74, 6) is 0.571. The van der Waals surface area contributed by atoms with E-state index in [1.165, 1.54) is 4.52 Å². The Bertz CT molecular complexity index is 1400. The van der Waals surface area contributed by atoms with Gasteiger partial charge in [-0.2, -0.15) is 14.8 Å². The van der Waals surface area contributed by atoms with E-state index < -0.39 is 0 Å². The van der Waals surface area contributed by atoms with Gasteiger partial charge in [0.2, 0.25) is 5.82 Å². The highest BCUT2D eigenvalue weighted by atomic mass is 16.1.